The van der Waals surface area contributed by atoms with E-state index in [9.17, 15) is 9.59 Å². The number of benzene rings is 1. The summed E-state index contributed by atoms with van der Waals surface area (Å²) in [6, 6.07) is 8.40. The zero-order valence-electron chi connectivity index (χ0n) is 8.33. The molecule has 2 atom stereocenters. The number of hydrazone groups is 1. The Morgan fingerprint density at radius 1 is 1.12 bits per heavy atom. The van der Waals surface area contributed by atoms with Gasteiger partial charge in [-0.3, -0.25) is 15.0 Å². The lowest BCUT2D eigenvalue weighted by Gasteiger charge is -2.14. The van der Waals surface area contributed by atoms with Crippen molar-refractivity contribution in [3.05, 3.63) is 30.3 Å². The third-order valence-electron chi connectivity index (χ3n) is 2.81. The van der Waals surface area contributed by atoms with Gasteiger partial charge in [0.15, 0.2) is 0 Å². The van der Waals surface area contributed by atoms with Crippen LogP contribution in [0.3, 0.4) is 0 Å². The van der Waals surface area contributed by atoms with Crippen LogP contribution in [-0.2, 0) is 9.59 Å². The molecule has 1 N–H and O–H groups in total. The van der Waals surface area contributed by atoms with E-state index in [-0.39, 0.29) is 11.8 Å². The molecule has 2 aliphatic heterocycles. The Balaban J connectivity index is 2.01. The van der Waals surface area contributed by atoms with Gasteiger partial charge in [-0.05, 0) is 12.1 Å². The normalized spacial score (nSPS) is 27.1. The topological polar surface area (TPSA) is 61.8 Å². The molecule has 0 bridgehead atoms. The number of hydrogen-bond acceptors (Lipinski definition) is 4. The van der Waals surface area contributed by atoms with Crippen LogP contribution >= 0.6 is 0 Å². The number of hydrogen-bond donors (Lipinski definition) is 1. The van der Waals surface area contributed by atoms with E-state index in [1.807, 2.05) is 6.07 Å². The molecular formula is C11H9N3O2. The van der Waals surface area contributed by atoms with Crippen LogP contribution in [0.5, 0.6) is 0 Å². The predicted octanol–water partition coefficient (Wildman–Crippen LogP) is 0.134. The van der Waals surface area contributed by atoms with Crippen LogP contribution in [0, 0.1) is 5.92 Å². The Bertz CT molecular complexity index is 483. The lowest BCUT2D eigenvalue weighted by Crippen LogP contribution is -2.36. The smallest absolute Gasteiger partial charge is 0.259 e. The largest absolute Gasteiger partial charge is 0.297 e. The maximum atomic E-state index is 12.0. The highest BCUT2D eigenvalue weighted by Gasteiger charge is 2.49. The van der Waals surface area contributed by atoms with Gasteiger partial charge in [0.05, 0.1) is 5.69 Å². The first kappa shape index (κ1) is 9.08. The highest BCUT2D eigenvalue weighted by Crippen LogP contribution is 2.27. The van der Waals surface area contributed by atoms with Crippen LogP contribution < -0.4 is 10.3 Å². The molecule has 2 aliphatic rings. The second kappa shape index (κ2) is 3.16. The number of fused-ring (bicyclic) bond motifs is 1. The Morgan fingerprint density at radius 2 is 1.88 bits per heavy atom. The monoisotopic (exact) mass is 215 g/mol. The van der Waals surface area contributed by atoms with E-state index in [0.29, 0.717) is 5.69 Å². The first-order valence-electron chi connectivity index (χ1n) is 5.00. The summed E-state index contributed by atoms with van der Waals surface area (Å²) in [7, 11) is 0. The fourth-order valence-electron chi connectivity index (χ4n) is 2.01. The standard InChI is InChI=1S/C11H9N3O2/c15-10-8-6-12-13-9(8)11(16)14(10)7-4-2-1-3-5-7/h1-6,8-9,13H/t8-,9-/m1/s1. The van der Waals surface area contributed by atoms with Crippen molar-refractivity contribution in [2.24, 2.45) is 11.0 Å². The quantitative estimate of drug-likeness (QED) is 0.677. The number of nitrogens with one attached hydrogen (secondary N) is 1. The maximum absolute atomic E-state index is 12.0. The van der Waals surface area contributed by atoms with Crippen LogP contribution in [0.15, 0.2) is 35.4 Å². The molecule has 3 rings (SSSR count). The molecule has 2 heterocycles. The van der Waals surface area contributed by atoms with Crippen LogP contribution in [0.1, 0.15) is 0 Å². The van der Waals surface area contributed by atoms with Gasteiger partial charge >= 0.3 is 0 Å². The van der Waals surface area contributed by atoms with Crippen molar-refractivity contribution in [1.82, 2.24) is 5.43 Å². The molecule has 5 nitrogen and oxygen atoms in total. The Hall–Kier alpha value is -2.17. The van der Waals surface area contributed by atoms with E-state index in [4.69, 9.17) is 0 Å². The van der Waals surface area contributed by atoms with E-state index >= 15 is 0 Å². The van der Waals surface area contributed by atoms with Crippen molar-refractivity contribution in [2.45, 2.75) is 6.04 Å². The van der Waals surface area contributed by atoms with Crippen molar-refractivity contribution in [3.63, 3.8) is 0 Å². The van der Waals surface area contributed by atoms with Crippen LogP contribution in [0.2, 0.25) is 0 Å². The van der Waals surface area contributed by atoms with E-state index < -0.39 is 12.0 Å². The number of amides is 2. The van der Waals surface area contributed by atoms with Crippen LogP contribution in [0.4, 0.5) is 5.69 Å². The number of carbonyl (C=O) groups is 2. The second-order valence-corrected chi connectivity index (χ2v) is 3.76. The van der Waals surface area contributed by atoms with Crippen molar-refractivity contribution in [2.75, 3.05) is 4.90 Å². The van der Waals surface area contributed by atoms with Gasteiger partial charge in [-0.1, -0.05) is 18.2 Å². The SMILES string of the molecule is O=C1[C@@H]2C=NN[C@H]2C(=O)N1c1ccccc1. The summed E-state index contributed by atoms with van der Waals surface area (Å²) in [6.07, 6.45) is 1.49. The molecule has 2 amide bonds. The molecule has 0 radical (unpaired) electrons. The molecule has 1 saturated heterocycles. The number of nitrogens with zero attached hydrogens (tertiary/aromatic N) is 2. The molecule has 16 heavy (non-hydrogen) atoms. The van der Waals surface area contributed by atoms with Gasteiger partial charge in [-0.2, -0.15) is 5.10 Å². The highest BCUT2D eigenvalue weighted by atomic mass is 16.2. The van der Waals surface area contributed by atoms with E-state index in [1.165, 1.54) is 11.1 Å². The molecule has 1 aromatic rings. The number of anilines is 1. The number of para-hydroxylation sites is 1. The Morgan fingerprint density at radius 3 is 2.56 bits per heavy atom. The minimum atomic E-state index is -0.521. The third-order valence-corrected chi connectivity index (χ3v) is 2.81. The highest BCUT2D eigenvalue weighted by molar-refractivity contribution is 6.28. The maximum Gasteiger partial charge on any atom is 0.259 e. The number of carbonyl (C=O) groups excluding carboxylic acids is 2. The minimum Gasteiger partial charge on any atom is -0.297 e. The molecule has 0 aromatic heterocycles. The summed E-state index contributed by atoms with van der Waals surface area (Å²) >= 11 is 0. The zero-order chi connectivity index (χ0) is 11.1. The first-order chi connectivity index (χ1) is 7.79. The van der Waals surface area contributed by atoms with Crippen LogP contribution in [-0.4, -0.2) is 24.1 Å². The lowest BCUT2D eigenvalue weighted by molar-refractivity contribution is -0.122. The van der Waals surface area contributed by atoms with Crippen molar-refractivity contribution < 1.29 is 9.59 Å². The predicted molar refractivity (Wildman–Crippen MR) is 57.8 cm³/mol. The molecule has 80 valence electrons. The fraction of sp³-hybridized carbons (Fsp3) is 0.182. The lowest BCUT2D eigenvalue weighted by atomic mass is 10.1. The second-order valence-electron chi connectivity index (χ2n) is 3.76. The third kappa shape index (κ3) is 1.08. The molecule has 0 spiro atoms. The van der Waals surface area contributed by atoms with E-state index in [1.54, 1.807) is 24.3 Å². The Kier molecular flexibility index (Phi) is 1.80. The van der Waals surface area contributed by atoms with E-state index in [2.05, 4.69) is 10.5 Å². The molecular weight excluding hydrogens is 206 g/mol. The van der Waals surface area contributed by atoms with Gasteiger partial charge in [0.25, 0.3) is 5.91 Å². The molecule has 5 heteroatoms. The summed E-state index contributed by atoms with van der Waals surface area (Å²) in [5, 5.41) is 3.75. The zero-order valence-corrected chi connectivity index (χ0v) is 8.33. The van der Waals surface area contributed by atoms with Gasteiger partial charge in [0, 0.05) is 6.21 Å². The summed E-state index contributed by atoms with van der Waals surface area (Å²) in [6.45, 7) is 0. The van der Waals surface area contributed by atoms with Crippen molar-refractivity contribution in [3.8, 4) is 0 Å². The Labute approximate surface area is 91.7 Å². The molecule has 0 unspecified atom stereocenters. The average molecular weight is 215 g/mol. The minimum absolute atomic E-state index is 0.213. The van der Waals surface area contributed by atoms with E-state index in [0.717, 1.165) is 0 Å². The summed E-state index contributed by atoms with van der Waals surface area (Å²) in [5.74, 6) is -0.902. The van der Waals surface area contributed by atoms with Crippen molar-refractivity contribution in [1.29, 1.82) is 0 Å². The van der Waals surface area contributed by atoms with Gasteiger partial charge in [0.1, 0.15) is 12.0 Å². The van der Waals surface area contributed by atoms with Gasteiger partial charge < -0.3 is 0 Å². The van der Waals surface area contributed by atoms with Crippen molar-refractivity contribution >= 4 is 23.7 Å². The first-order valence-corrected chi connectivity index (χ1v) is 5.00. The molecule has 0 aliphatic carbocycles. The van der Waals surface area contributed by atoms with Gasteiger partial charge in [-0.15, -0.1) is 0 Å². The molecule has 1 aromatic carbocycles. The number of rotatable bonds is 1. The van der Waals surface area contributed by atoms with Gasteiger partial charge in [-0.25, -0.2) is 4.90 Å². The summed E-state index contributed by atoms with van der Waals surface area (Å²) < 4.78 is 0. The summed E-state index contributed by atoms with van der Waals surface area (Å²) in [4.78, 5) is 25.1. The van der Waals surface area contributed by atoms with Gasteiger partial charge in [0.2, 0.25) is 5.91 Å². The summed E-state index contributed by atoms with van der Waals surface area (Å²) in [5.41, 5.74) is 3.27. The molecule has 0 saturated carbocycles. The molecule has 1 fully saturated rings. The van der Waals surface area contributed by atoms with Crippen LogP contribution in [0.25, 0.3) is 0 Å². The average Bonchev–Trinajstić information content (AvgIpc) is 2.86. The number of imide groups is 1. The fourth-order valence-corrected chi connectivity index (χ4v) is 2.01.